The number of carbonyl (C=O) groups excluding carboxylic acids is 2. The molecule has 2 heterocycles. The number of hydrogen-bond acceptors (Lipinski definition) is 3. The molecule has 0 saturated carbocycles. The number of halogens is 4. The van der Waals surface area contributed by atoms with Crippen LogP contribution in [0, 0.1) is 5.82 Å². The van der Waals surface area contributed by atoms with Gasteiger partial charge in [0.15, 0.2) is 0 Å². The first-order chi connectivity index (χ1) is 15.2. The predicted molar refractivity (Wildman–Crippen MR) is 110 cm³/mol. The fraction of sp³-hybridized carbons (Fsp3) is 0.391. The Balaban J connectivity index is 1.53. The summed E-state index contributed by atoms with van der Waals surface area (Å²) >= 11 is 0. The third kappa shape index (κ3) is 4.62. The Hall–Kier alpha value is -2.94. The van der Waals surface area contributed by atoms with Gasteiger partial charge in [0.2, 0.25) is 11.8 Å². The van der Waals surface area contributed by atoms with E-state index < -0.39 is 23.2 Å². The van der Waals surface area contributed by atoms with Gasteiger partial charge in [-0.25, -0.2) is 4.39 Å². The lowest BCUT2D eigenvalue weighted by molar-refractivity contribution is -0.137. The Morgan fingerprint density at radius 3 is 2.69 bits per heavy atom. The van der Waals surface area contributed by atoms with Gasteiger partial charge in [0, 0.05) is 25.4 Å². The Kier molecular flexibility index (Phi) is 5.94. The van der Waals surface area contributed by atoms with Gasteiger partial charge in [-0.2, -0.15) is 13.2 Å². The van der Waals surface area contributed by atoms with E-state index in [9.17, 15) is 27.2 Å². The van der Waals surface area contributed by atoms with E-state index in [1.165, 1.54) is 30.3 Å². The first-order valence-electron chi connectivity index (χ1n) is 10.4. The number of benzene rings is 2. The van der Waals surface area contributed by atoms with Gasteiger partial charge in [-0.3, -0.25) is 14.5 Å². The second-order valence-electron chi connectivity index (χ2n) is 8.43. The van der Waals surface area contributed by atoms with Gasteiger partial charge in [0.1, 0.15) is 5.82 Å². The highest BCUT2D eigenvalue weighted by Gasteiger charge is 2.49. The Labute approximate surface area is 182 Å². The highest BCUT2D eigenvalue weighted by Crippen LogP contribution is 2.41. The van der Waals surface area contributed by atoms with Crippen molar-refractivity contribution in [3.05, 3.63) is 65.5 Å². The molecule has 32 heavy (non-hydrogen) atoms. The van der Waals surface area contributed by atoms with E-state index in [-0.39, 0.29) is 29.9 Å². The summed E-state index contributed by atoms with van der Waals surface area (Å²) in [6, 6.07) is 11.0. The second kappa shape index (κ2) is 8.54. The number of alkyl halides is 3. The van der Waals surface area contributed by atoms with Crippen molar-refractivity contribution in [3.63, 3.8) is 0 Å². The lowest BCUT2D eigenvalue weighted by Gasteiger charge is -2.39. The summed E-state index contributed by atoms with van der Waals surface area (Å²) in [6.45, 7) is 0.585. The average molecular weight is 449 g/mol. The van der Waals surface area contributed by atoms with E-state index in [0.29, 0.717) is 32.4 Å². The standard InChI is InChI=1S/C23H23F4N3O2/c24-16-6-3-5-15(11-16)18-12-30(14-22(18)10-4-9-20(31)29-22)13-21(32)28-19-8-2-1-7-17(19)23(25,26)27/h1-3,5-8,11,18H,4,9-10,12-14H2,(H,28,32)(H,29,31)/t18-,22+/m0/s1. The van der Waals surface area contributed by atoms with Crippen LogP contribution in [0.3, 0.4) is 0 Å². The normalized spacial score (nSPS) is 23.9. The molecule has 2 amide bonds. The number of para-hydroxylation sites is 1. The fourth-order valence-electron chi connectivity index (χ4n) is 4.85. The van der Waals surface area contributed by atoms with Gasteiger partial charge in [-0.15, -0.1) is 0 Å². The van der Waals surface area contributed by atoms with Gasteiger partial charge in [0.25, 0.3) is 0 Å². The zero-order chi connectivity index (χ0) is 22.9. The van der Waals surface area contributed by atoms with Crippen LogP contribution in [0.25, 0.3) is 0 Å². The Morgan fingerprint density at radius 2 is 1.97 bits per heavy atom. The van der Waals surface area contributed by atoms with Crippen molar-refractivity contribution >= 4 is 17.5 Å². The highest BCUT2D eigenvalue weighted by molar-refractivity contribution is 5.93. The molecule has 2 N–H and O–H groups in total. The highest BCUT2D eigenvalue weighted by atomic mass is 19.4. The van der Waals surface area contributed by atoms with Crippen LogP contribution in [0.4, 0.5) is 23.2 Å². The minimum atomic E-state index is -4.59. The molecule has 0 aromatic heterocycles. The number of rotatable bonds is 4. The van der Waals surface area contributed by atoms with E-state index in [4.69, 9.17) is 0 Å². The number of carbonyl (C=O) groups is 2. The molecule has 2 aromatic carbocycles. The van der Waals surface area contributed by atoms with Crippen molar-refractivity contribution in [1.29, 1.82) is 0 Å². The molecule has 2 fully saturated rings. The summed E-state index contributed by atoms with van der Waals surface area (Å²) in [7, 11) is 0. The molecule has 2 aromatic rings. The smallest absolute Gasteiger partial charge is 0.349 e. The molecule has 0 bridgehead atoms. The summed E-state index contributed by atoms with van der Waals surface area (Å²) in [5.41, 5.74) is -1.14. The molecule has 1 spiro atoms. The molecule has 2 aliphatic heterocycles. The Morgan fingerprint density at radius 1 is 1.19 bits per heavy atom. The molecule has 0 aliphatic carbocycles. The van der Waals surface area contributed by atoms with Crippen LogP contribution >= 0.6 is 0 Å². The molecule has 2 saturated heterocycles. The van der Waals surface area contributed by atoms with E-state index in [1.807, 2.05) is 0 Å². The van der Waals surface area contributed by atoms with Crippen LogP contribution in [-0.4, -0.2) is 41.9 Å². The van der Waals surface area contributed by atoms with Crippen molar-refractivity contribution < 1.29 is 27.2 Å². The molecular weight excluding hydrogens is 426 g/mol. The number of nitrogens with zero attached hydrogens (tertiary/aromatic N) is 1. The summed E-state index contributed by atoms with van der Waals surface area (Å²) in [5.74, 6) is -1.31. The third-order valence-corrected chi connectivity index (χ3v) is 6.15. The quantitative estimate of drug-likeness (QED) is 0.696. The third-order valence-electron chi connectivity index (χ3n) is 6.15. The van der Waals surface area contributed by atoms with Crippen molar-refractivity contribution in [2.24, 2.45) is 0 Å². The maximum Gasteiger partial charge on any atom is 0.418 e. The van der Waals surface area contributed by atoms with E-state index in [2.05, 4.69) is 10.6 Å². The fourth-order valence-corrected chi connectivity index (χ4v) is 4.85. The number of hydrogen-bond donors (Lipinski definition) is 2. The summed E-state index contributed by atoms with van der Waals surface area (Å²) in [5, 5.41) is 5.42. The molecule has 4 rings (SSSR count). The first-order valence-corrected chi connectivity index (χ1v) is 10.4. The summed E-state index contributed by atoms with van der Waals surface area (Å²) < 4.78 is 53.5. The van der Waals surface area contributed by atoms with Gasteiger partial charge in [-0.1, -0.05) is 24.3 Å². The zero-order valence-electron chi connectivity index (χ0n) is 17.2. The maximum atomic E-state index is 13.9. The van der Waals surface area contributed by atoms with Crippen LogP contribution in [0.2, 0.25) is 0 Å². The maximum absolute atomic E-state index is 13.9. The molecule has 9 heteroatoms. The lowest BCUT2D eigenvalue weighted by Crippen LogP contribution is -2.56. The SMILES string of the molecule is O=C(CN1C[C@@H](c2cccc(F)c2)[C@@]2(CCCC(=O)N2)C1)Nc1ccccc1C(F)(F)F. The monoisotopic (exact) mass is 449 g/mol. The second-order valence-corrected chi connectivity index (χ2v) is 8.43. The molecule has 5 nitrogen and oxygen atoms in total. The van der Waals surface area contributed by atoms with E-state index in [1.54, 1.807) is 17.0 Å². The van der Waals surface area contributed by atoms with Gasteiger partial charge in [0.05, 0.1) is 23.3 Å². The van der Waals surface area contributed by atoms with Gasteiger partial charge >= 0.3 is 6.18 Å². The molecule has 2 atom stereocenters. The predicted octanol–water partition coefficient (Wildman–Crippen LogP) is 3.92. The number of nitrogens with one attached hydrogen (secondary N) is 2. The van der Waals surface area contributed by atoms with Crippen molar-refractivity contribution in [1.82, 2.24) is 10.2 Å². The van der Waals surface area contributed by atoms with Crippen molar-refractivity contribution in [2.45, 2.75) is 36.9 Å². The number of amides is 2. The molecule has 170 valence electrons. The van der Waals surface area contributed by atoms with Crippen LogP contribution in [-0.2, 0) is 15.8 Å². The molecular formula is C23H23F4N3O2. The van der Waals surface area contributed by atoms with Gasteiger partial charge in [-0.05, 0) is 42.7 Å². The largest absolute Gasteiger partial charge is 0.418 e. The van der Waals surface area contributed by atoms with Crippen molar-refractivity contribution in [2.75, 3.05) is 25.0 Å². The minimum Gasteiger partial charge on any atom is -0.349 e. The first kappa shape index (κ1) is 22.3. The summed E-state index contributed by atoms with van der Waals surface area (Å²) in [6.07, 6.45) is -2.83. The number of piperidine rings is 1. The number of likely N-dealkylation sites (tertiary alicyclic amines) is 1. The van der Waals surface area contributed by atoms with Crippen LogP contribution < -0.4 is 10.6 Å². The van der Waals surface area contributed by atoms with Crippen LogP contribution in [0.15, 0.2) is 48.5 Å². The zero-order valence-corrected chi connectivity index (χ0v) is 17.2. The van der Waals surface area contributed by atoms with Crippen LogP contribution in [0.5, 0.6) is 0 Å². The van der Waals surface area contributed by atoms with Gasteiger partial charge < -0.3 is 10.6 Å². The van der Waals surface area contributed by atoms with E-state index in [0.717, 1.165) is 11.6 Å². The Bertz CT molecular complexity index is 1030. The lowest BCUT2D eigenvalue weighted by atomic mass is 9.76. The van der Waals surface area contributed by atoms with Crippen LogP contribution in [0.1, 0.15) is 36.3 Å². The molecule has 0 unspecified atom stereocenters. The average Bonchev–Trinajstić information content (AvgIpc) is 3.04. The molecule has 2 aliphatic rings. The molecule has 0 radical (unpaired) electrons. The minimum absolute atomic E-state index is 0.0944. The number of anilines is 1. The van der Waals surface area contributed by atoms with E-state index >= 15 is 0 Å². The topological polar surface area (TPSA) is 61.4 Å². The summed E-state index contributed by atoms with van der Waals surface area (Å²) in [4.78, 5) is 26.6. The van der Waals surface area contributed by atoms with Crippen molar-refractivity contribution in [3.8, 4) is 0 Å².